The van der Waals surface area contributed by atoms with Gasteiger partial charge in [-0.2, -0.15) is 0 Å². The Kier molecular flexibility index (Phi) is 6.46. The molecular weight excluding hydrogens is 410 g/mol. The number of amides is 1. The number of thioether (sulfide) groups is 1. The number of fused-ring (bicyclic) bond motifs is 1. The number of aryl methyl sites for hydroxylation is 2. The SMILES string of the molecule is CCCc1nnc2n1N[C@H](c1ccc(C)cc1)[C@@H](C(=O)Nc1ccc(OCC)cc1)S2. The zero-order valence-corrected chi connectivity index (χ0v) is 18.8. The highest BCUT2D eigenvalue weighted by Crippen LogP contribution is 2.37. The Balaban J connectivity index is 1.60. The molecule has 2 atom stereocenters. The molecule has 0 bridgehead atoms. The molecule has 0 unspecified atom stereocenters. The lowest BCUT2D eigenvalue weighted by Gasteiger charge is -2.33. The molecule has 0 saturated heterocycles. The van der Waals surface area contributed by atoms with Crippen molar-refractivity contribution in [2.45, 2.75) is 50.1 Å². The molecule has 162 valence electrons. The van der Waals surface area contributed by atoms with Crippen molar-refractivity contribution in [2.24, 2.45) is 0 Å². The van der Waals surface area contributed by atoms with Crippen LogP contribution in [0, 0.1) is 6.92 Å². The molecule has 0 saturated carbocycles. The number of hydrogen-bond acceptors (Lipinski definition) is 6. The van der Waals surface area contributed by atoms with Crippen molar-refractivity contribution >= 4 is 23.4 Å². The molecule has 1 amide bonds. The fourth-order valence-corrected chi connectivity index (χ4v) is 4.62. The number of benzene rings is 2. The summed E-state index contributed by atoms with van der Waals surface area (Å²) in [5, 5.41) is 12.0. The second-order valence-electron chi connectivity index (χ2n) is 7.49. The van der Waals surface area contributed by atoms with Crippen LogP contribution in [0.25, 0.3) is 0 Å². The van der Waals surface area contributed by atoms with Crippen LogP contribution < -0.4 is 15.5 Å². The van der Waals surface area contributed by atoms with Gasteiger partial charge in [-0.25, -0.2) is 4.68 Å². The molecule has 1 aliphatic heterocycles. The smallest absolute Gasteiger partial charge is 0.240 e. The van der Waals surface area contributed by atoms with E-state index in [1.54, 1.807) is 0 Å². The van der Waals surface area contributed by atoms with Crippen LogP contribution in [0.5, 0.6) is 5.75 Å². The van der Waals surface area contributed by atoms with E-state index in [4.69, 9.17) is 4.74 Å². The first-order chi connectivity index (χ1) is 15.1. The predicted molar refractivity (Wildman–Crippen MR) is 123 cm³/mol. The van der Waals surface area contributed by atoms with E-state index in [0.29, 0.717) is 11.8 Å². The molecule has 2 heterocycles. The molecule has 0 fully saturated rings. The highest BCUT2D eigenvalue weighted by Gasteiger charge is 2.37. The minimum absolute atomic E-state index is 0.0847. The summed E-state index contributed by atoms with van der Waals surface area (Å²) in [6.07, 6.45) is 1.80. The first kappa shape index (κ1) is 21.2. The summed E-state index contributed by atoms with van der Waals surface area (Å²) in [4.78, 5) is 13.3. The molecule has 0 radical (unpaired) electrons. The molecule has 2 N–H and O–H groups in total. The largest absolute Gasteiger partial charge is 0.494 e. The Morgan fingerprint density at radius 1 is 1.13 bits per heavy atom. The van der Waals surface area contributed by atoms with Crippen LogP contribution in [0.15, 0.2) is 53.7 Å². The number of carbonyl (C=O) groups is 1. The summed E-state index contributed by atoms with van der Waals surface area (Å²) in [5.41, 5.74) is 6.46. The Hall–Kier alpha value is -3.00. The van der Waals surface area contributed by atoms with Gasteiger partial charge in [0.25, 0.3) is 0 Å². The van der Waals surface area contributed by atoms with Crippen molar-refractivity contribution in [1.29, 1.82) is 0 Å². The van der Waals surface area contributed by atoms with E-state index in [2.05, 4.69) is 59.1 Å². The Bertz CT molecular complexity index is 1030. The summed E-state index contributed by atoms with van der Waals surface area (Å²) in [6.45, 7) is 6.72. The topological polar surface area (TPSA) is 81.1 Å². The number of aromatic nitrogens is 3. The van der Waals surface area contributed by atoms with Crippen LogP contribution in [0.1, 0.15) is 43.3 Å². The van der Waals surface area contributed by atoms with Gasteiger partial charge in [-0.15, -0.1) is 10.2 Å². The van der Waals surface area contributed by atoms with Gasteiger partial charge in [0.15, 0.2) is 5.82 Å². The molecule has 8 heteroatoms. The van der Waals surface area contributed by atoms with Gasteiger partial charge in [0.1, 0.15) is 11.0 Å². The number of carbonyl (C=O) groups excluding carboxylic acids is 1. The number of nitrogens with zero attached hydrogens (tertiary/aromatic N) is 3. The highest BCUT2D eigenvalue weighted by molar-refractivity contribution is 8.00. The number of rotatable bonds is 7. The number of nitrogens with one attached hydrogen (secondary N) is 2. The molecule has 3 aromatic rings. The van der Waals surface area contributed by atoms with E-state index in [-0.39, 0.29) is 11.9 Å². The Labute approximate surface area is 186 Å². The first-order valence-corrected chi connectivity index (χ1v) is 11.4. The maximum Gasteiger partial charge on any atom is 0.240 e. The maximum absolute atomic E-state index is 13.3. The fraction of sp³-hybridized carbons (Fsp3) is 0.348. The van der Waals surface area contributed by atoms with E-state index in [9.17, 15) is 4.79 Å². The molecule has 4 rings (SSSR count). The average molecular weight is 438 g/mol. The van der Waals surface area contributed by atoms with Gasteiger partial charge in [-0.1, -0.05) is 48.5 Å². The van der Waals surface area contributed by atoms with Gasteiger partial charge in [0.2, 0.25) is 11.1 Å². The third-order valence-corrected chi connectivity index (χ3v) is 6.32. The summed E-state index contributed by atoms with van der Waals surface area (Å²) >= 11 is 1.44. The standard InChI is InChI=1S/C23H27N5O2S/c1-4-6-19-25-26-23-28(19)27-20(16-9-7-15(3)8-10-16)21(31-23)22(29)24-17-11-13-18(14-12-17)30-5-2/h7-14,20-21,27H,4-6H2,1-3H3,(H,24,29)/t20-,21+/m1/s1. The van der Waals surface area contributed by atoms with Crippen molar-refractivity contribution in [3.05, 3.63) is 65.5 Å². The quantitative estimate of drug-likeness (QED) is 0.572. The lowest BCUT2D eigenvalue weighted by molar-refractivity contribution is -0.116. The molecular formula is C23H27N5O2S. The van der Waals surface area contributed by atoms with Gasteiger partial charge in [-0.05, 0) is 50.1 Å². The second-order valence-corrected chi connectivity index (χ2v) is 8.60. The van der Waals surface area contributed by atoms with Crippen LogP contribution in [0.3, 0.4) is 0 Å². The summed E-state index contributed by atoms with van der Waals surface area (Å²) < 4.78 is 7.41. The normalized spacial score (nSPS) is 17.5. The molecule has 1 aromatic heterocycles. The molecule has 1 aliphatic rings. The third kappa shape index (κ3) is 4.69. The number of anilines is 1. The highest BCUT2D eigenvalue weighted by atomic mass is 32.2. The zero-order valence-electron chi connectivity index (χ0n) is 18.0. The maximum atomic E-state index is 13.3. The van der Waals surface area contributed by atoms with E-state index in [1.165, 1.54) is 17.3 Å². The molecule has 7 nitrogen and oxygen atoms in total. The van der Waals surface area contributed by atoms with Crippen LogP contribution >= 0.6 is 11.8 Å². The van der Waals surface area contributed by atoms with Crippen molar-refractivity contribution < 1.29 is 9.53 Å². The van der Waals surface area contributed by atoms with Crippen molar-refractivity contribution in [2.75, 3.05) is 17.3 Å². The molecule has 31 heavy (non-hydrogen) atoms. The third-order valence-electron chi connectivity index (χ3n) is 5.11. The van der Waals surface area contributed by atoms with Gasteiger partial charge in [0, 0.05) is 12.1 Å². The minimum atomic E-state index is -0.402. The van der Waals surface area contributed by atoms with Crippen LogP contribution in [0.4, 0.5) is 5.69 Å². The average Bonchev–Trinajstić information content (AvgIpc) is 3.17. The van der Waals surface area contributed by atoms with E-state index >= 15 is 0 Å². The van der Waals surface area contributed by atoms with E-state index in [1.807, 2.05) is 35.9 Å². The second kappa shape index (κ2) is 9.43. The number of hydrogen-bond donors (Lipinski definition) is 2. The lowest BCUT2D eigenvalue weighted by atomic mass is 10.0. The van der Waals surface area contributed by atoms with E-state index < -0.39 is 5.25 Å². The monoisotopic (exact) mass is 437 g/mol. The van der Waals surface area contributed by atoms with Gasteiger partial charge < -0.3 is 15.5 Å². The zero-order chi connectivity index (χ0) is 21.8. The Morgan fingerprint density at radius 3 is 2.55 bits per heavy atom. The van der Waals surface area contributed by atoms with Gasteiger partial charge >= 0.3 is 0 Å². The van der Waals surface area contributed by atoms with Crippen LogP contribution in [-0.2, 0) is 11.2 Å². The van der Waals surface area contributed by atoms with Crippen molar-refractivity contribution in [1.82, 2.24) is 14.9 Å². The number of ether oxygens (including phenoxy) is 1. The summed E-state index contributed by atoms with van der Waals surface area (Å²) in [7, 11) is 0. The molecule has 0 aliphatic carbocycles. The van der Waals surface area contributed by atoms with Crippen molar-refractivity contribution in [3.63, 3.8) is 0 Å². The van der Waals surface area contributed by atoms with E-state index in [0.717, 1.165) is 35.7 Å². The first-order valence-electron chi connectivity index (χ1n) is 10.6. The van der Waals surface area contributed by atoms with Crippen LogP contribution in [0.2, 0.25) is 0 Å². The van der Waals surface area contributed by atoms with Gasteiger partial charge in [0.05, 0.1) is 12.6 Å². The van der Waals surface area contributed by atoms with Gasteiger partial charge in [-0.3, -0.25) is 4.79 Å². The summed E-state index contributed by atoms with van der Waals surface area (Å²) in [6, 6.07) is 15.5. The predicted octanol–water partition coefficient (Wildman–Crippen LogP) is 4.34. The summed E-state index contributed by atoms with van der Waals surface area (Å²) in [5.74, 6) is 1.58. The minimum Gasteiger partial charge on any atom is -0.494 e. The van der Waals surface area contributed by atoms with Crippen LogP contribution in [-0.4, -0.2) is 32.6 Å². The molecule has 0 spiro atoms. The van der Waals surface area contributed by atoms with Crippen molar-refractivity contribution in [3.8, 4) is 5.75 Å². The fourth-order valence-electron chi connectivity index (χ4n) is 3.52. The molecule has 2 aromatic carbocycles. The lowest BCUT2D eigenvalue weighted by Crippen LogP contribution is -2.41. The Morgan fingerprint density at radius 2 is 1.87 bits per heavy atom.